The Bertz CT molecular complexity index is 1360. The molecule has 1 fully saturated rings. The van der Waals surface area contributed by atoms with Crippen LogP contribution in [-0.2, 0) is 10.2 Å². The predicted molar refractivity (Wildman–Crippen MR) is 128 cm³/mol. The van der Waals surface area contributed by atoms with Gasteiger partial charge in [-0.25, -0.2) is 14.2 Å². The number of benzene rings is 1. The summed E-state index contributed by atoms with van der Waals surface area (Å²) in [5.74, 6) is 0.696. The van der Waals surface area contributed by atoms with Crippen molar-refractivity contribution in [2.45, 2.75) is 51.6 Å². The Hall–Kier alpha value is -3.75. The molecule has 4 heterocycles. The molecule has 4 aromatic rings. The molecule has 0 radical (unpaired) electrons. The molecule has 3 aromatic heterocycles. The molecule has 1 amide bonds. The maximum atomic E-state index is 14.4. The van der Waals surface area contributed by atoms with E-state index in [9.17, 15) is 9.18 Å². The van der Waals surface area contributed by atoms with E-state index in [2.05, 4.69) is 20.2 Å². The summed E-state index contributed by atoms with van der Waals surface area (Å²) in [4.78, 5) is 21.4. The highest BCUT2D eigenvalue weighted by atomic mass is 19.1. The van der Waals surface area contributed by atoms with Crippen LogP contribution in [-0.4, -0.2) is 49.8 Å². The Kier molecular flexibility index (Phi) is 5.57. The smallest absolute Gasteiger partial charge is 0.410 e. The van der Waals surface area contributed by atoms with Crippen molar-refractivity contribution in [3.05, 3.63) is 65.9 Å². The Morgan fingerprint density at radius 1 is 1.14 bits per heavy atom. The number of likely N-dealkylation sites (tertiary alicyclic amines) is 1. The summed E-state index contributed by atoms with van der Waals surface area (Å²) in [5.41, 5.74) is 2.07. The van der Waals surface area contributed by atoms with Crippen LogP contribution in [0.25, 0.3) is 22.2 Å². The zero-order valence-electron chi connectivity index (χ0n) is 20.3. The molecule has 1 N–H and O–H groups in total. The van der Waals surface area contributed by atoms with Crippen molar-refractivity contribution in [1.82, 2.24) is 25.1 Å². The van der Waals surface area contributed by atoms with E-state index < -0.39 is 11.0 Å². The van der Waals surface area contributed by atoms with Crippen LogP contribution >= 0.6 is 0 Å². The quantitative estimate of drug-likeness (QED) is 0.426. The lowest BCUT2D eigenvalue weighted by atomic mass is 9.72. The lowest BCUT2D eigenvalue weighted by Gasteiger charge is -2.40. The Labute approximate surface area is 202 Å². The van der Waals surface area contributed by atoms with Gasteiger partial charge in [-0.05, 0) is 56.4 Å². The van der Waals surface area contributed by atoms with E-state index in [0.717, 1.165) is 16.7 Å². The van der Waals surface area contributed by atoms with Gasteiger partial charge in [0.05, 0.1) is 10.8 Å². The molecule has 1 aromatic carbocycles. The number of aromatic amines is 1. The van der Waals surface area contributed by atoms with Crippen LogP contribution in [0.4, 0.5) is 9.18 Å². The minimum Gasteiger partial charge on any atom is -0.444 e. The number of nitrogens with zero attached hydrogens (tertiary/aromatic N) is 4. The number of H-pyrrole nitrogens is 1. The third kappa shape index (κ3) is 4.26. The van der Waals surface area contributed by atoms with Crippen molar-refractivity contribution in [3.63, 3.8) is 0 Å². The normalized spacial score (nSPS) is 16.0. The Morgan fingerprint density at radius 3 is 2.49 bits per heavy atom. The Morgan fingerprint density at radius 2 is 1.86 bits per heavy atom. The van der Waals surface area contributed by atoms with Gasteiger partial charge >= 0.3 is 6.09 Å². The number of amides is 1. The maximum absolute atomic E-state index is 14.4. The topological polar surface area (TPSA) is 97.1 Å². The van der Waals surface area contributed by atoms with Crippen molar-refractivity contribution in [1.29, 1.82) is 0 Å². The fraction of sp³-hybridized carbons (Fsp3) is 0.385. The van der Waals surface area contributed by atoms with Gasteiger partial charge in [0.1, 0.15) is 11.2 Å². The van der Waals surface area contributed by atoms with Crippen LogP contribution < -0.4 is 0 Å². The van der Waals surface area contributed by atoms with Gasteiger partial charge in [0, 0.05) is 32.4 Å². The molecule has 0 spiro atoms. The number of pyridine rings is 1. The van der Waals surface area contributed by atoms with Crippen LogP contribution in [0.3, 0.4) is 0 Å². The zero-order valence-corrected chi connectivity index (χ0v) is 20.3. The molecule has 9 heteroatoms. The van der Waals surface area contributed by atoms with Crippen LogP contribution in [0, 0.1) is 12.7 Å². The molecule has 1 saturated heterocycles. The number of hydrogen-bond acceptors (Lipinski definition) is 6. The highest BCUT2D eigenvalue weighted by Crippen LogP contribution is 2.42. The first kappa shape index (κ1) is 23.0. The molecule has 1 aliphatic heterocycles. The number of carbonyl (C=O) groups excluding carboxylic acids is 1. The summed E-state index contributed by atoms with van der Waals surface area (Å²) in [7, 11) is 0. The average Bonchev–Trinajstić information content (AvgIpc) is 3.44. The minimum atomic E-state index is -0.553. The van der Waals surface area contributed by atoms with Crippen molar-refractivity contribution in [2.75, 3.05) is 13.1 Å². The molecule has 0 aliphatic carbocycles. The molecule has 182 valence electrons. The molecule has 0 bridgehead atoms. The van der Waals surface area contributed by atoms with Gasteiger partial charge in [0.2, 0.25) is 11.8 Å². The van der Waals surface area contributed by atoms with Gasteiger partial charge in [-0.3, -0.25) is 0 Å². The molecule has 0 saturated carbocycles. The molecule has 1 aliphatic rings. The summed E-state index contributed by atoms with van der Waals surface area (Å²) < 4.78 is 25.9. The molecular weight excluding hydrogens is 449 g/mol. The summed E-state index contributed by atoms with van der Waals surface area (Å²) in [6.45, 7) is 8.34. The fourth-order valence-corrected chi connectivity index (χ4v) is 4.74. The largest absolute Gasteiger partial charge is 0.444 e. The van der Waals surface area contributed by atoms with E-state index in [1.54, 1.807) is 18.0 Å². The van der Waals surface area contributed by atoms with E-state index >= 15 is 0 Å². The third-order valence-corrected chi connectivity index (χ3v) is 6.48. The fourth-order valence-electron chi connectivity index (χ4n) is 4.74. The van der Waals surface area contributed by atoms with Crippen molar-refractivity contribution in [3.8, 4) is 11.1 Å². The van der Waals surface area contributed by atoms with E-state index in [4.69, 9.17) is 9.15 Å². The molecule has 0 unspecified atom stereocenters. The number of rotatable bonds is 3. The molecule has 8 nitrogen and oxygen atoms in total. The predicted octanol–water partition coefficient (Wildman–Crippen LogP) is 5.38. The number of ether oxygens (including phenoxy) is 1. The first-order valence-corrected chi connectivity index (χ1v) is 11.7. The monoisotopic (exact) mass is 477 g/mol. The summed E-state index contributed by atoms with van der Waals surface area (Å²) in [5, 5.41) is 8.89. The summed E-state index contributed by atoms with van der Waals surface area (Å²) in [6, 6.07) is 9.80. The van der Waals surface area contributed by atoms with E-state index in [1.165, 1.54) is 6.20 Å². The van der Waals surface area contributed by atoms with E-state index in [0.29, 0.717) is 48.7 Å². The van der Waals surface area contributed by atoms with Crippen LogP contribution in [0.1, 0.15) is 51.0 Å². The first-order valence-electron chi connectivity index (χ1n) is 11.7. The van der Waals surface area contributed by atoms with Crippen molar-refractivity contribution >= 4 is 17.1 Å². The van der Waals surface area contributed by atoms with Crippen LogP contribution in [0.15, 0.2) is 47.1 Å². The van der Waals surface area contributed by atoms with Gasteiger partial charge in [0.25, 0.3) is 0 Å². The lowest BCUT2D eigenvalue weighted by Crippen LogP contribution is -2.47. The molecular formula is C26H28FN5O3. The third-order valence-electron chi connectivity index (χ3n) is 6.48. The maximum Gasteiger partial charge on any atom is 0.410 e. The van der Waals surface area contributed by atoms with Gasteiger partial charge in [-0.15, -0.1) is 10.2 Å². The molecule has 35 heavy (non-hydrogen) atoms. The molecule has 0 atom stereocenters. The first-order chi connectivity index (χ1) is 16.7. The highest BCUT2D eigenvalue weighted by molar-refractivity contribution is 5.93. The minimum absolute atomic E-state index is 0.321. The van der Waals surface area contributed by atoms with Gasteiger partial charge < -0.3 is 19.0 Å². The summed E-state index contributed by atoms with van der Waals surface area (Å²) >= 11 is 0. The Balaban J connectivity index is 1.47. The van der Waals surface area contributed by atoms with Crippen LogP contribution in [0.5, 0.6) is 0 Å². The standard InChI is InChI=1S/C26H28FN5O3/c1-16-30-31-23(34-16)26(10-13-32(14-11-26)24(33)35-25(2,3)4)18-7-5-17(6-8-18)19-9-12-28-22-21(19)20(27)15-29-22/h5-9,12,15H,10-11,13-14H2,1-4H3,(H,28,29). The summed E-state index contributed by atoms with van der Waals surface area (Å²) in [6.07, 6.45) is 3.88. The average molecular weight is 478 g/mol. The molecule has 5 rings (SSSR count). The van der Waals surface area contributed by atoms with Gasteiger partial charge in [0.15, 0.2) is 5.82 Å². The second kappa shape index (κ2) is 8.48. The zero-order chi connectivity index (χ0) is 24.8. The number of halogens is 1. The lowest BCUT2D eigenvalue weighted by molar-refractivity contribution is 0.0169. The van der Waals surface area contributed by atoms with Gasteiger partial charge in [-0.2, -0.15) is 0 Å². The van der Waals surface area contributed by atoms with Gasteiger partial charge in [-0.1, -0.05) is 24.3 Å². The van der Waals surface area contributed by atoms with E-state index in [1.807, 2.05) is 51.1 Å². The second-order valence-electron chi connectivity index (χ2n) is 9.97. The highest BCUT2D eigenvalue weighted by Gasteiger charge is 2.44. The number of aromatic nitrogens is 4. The number of nitrogens with one attached hydrogen (secondary N) is 1. The number of carbonyl (C=O) groups is 1. The number of aryl methyl sites for hydroxylation is 1. The SMILES string of the molecule is Cc1nnc(C2(c3ccc(-c4ccnc5[nH]cc(F)c45)cc3)CCN(C(=O)OC(C)(C)C)CC2)o1. The van der Waals surface area contributed by atoms with Crippen molar-refractivity contribution in [2.24, 2.45) is 0 Å². The second-order valence-corrected chi connectivity index (χ2v) is 9.97. The van der Waals surface area contributed by atoms with E-state index in [-0.39, 0.29) is 11.9 Å². The number of hydrogen-bond donors (Lipinski definition) is 1. The number of piperidine rings is 1. The van der Waals surface area contributed by atoms with Crippen molar-refractivity contribution < 1.29 is 18.3 Å². The van der Waals surface area contributed by atoms with Crippen LogP contribution in [0.2, 0.25) is 0 Å². The number of fused-ring (bicyclic) bond motifs is 1.